The van der Waals surface area contributed by atoms with Crippen LogP contribution in [0.4, 0.5) is 32.4 Å². The molecule has 9 nitrogen and oxygen atoms in total. The Kier molecular flexibility index (Phi) is 11.7. The Morgan fingerprint density at radius 2 is 1.82 bits per heavy atom. The van der Waals surface area contributed by atoms with Gasteiger partial charge in [-0.3, -0.25) is 9.78 Å². The number of alkyl carbamates (subject to hydrolysis) is 1. The minimum atomic E-state index is -4.54. The third-order valence-corrected chi connectivity index (χ3v) is 7.31. The van der Waals surface area contributed by atoms with Gasteiger partial charge in [0.25, 0.3) is 0 Å². The zero-order valence-corrected chi connectivity index (χ0v) is 24.5. The highest BCUT2D eigenvalue weighted by atomic mass is 35.5. The number of ether oxygens (including phenoxy) is 2. The summed E-state index contributed by atoms with van der Waals surface area (Å²) in [5.74, 6) is -3.12. The summed E-state index contributed by atoms with van der Waals surface area (Å²) in [6.45, 7) is -1.10. The summed E-state index contributed by atoms with van der Waals surface area (Å²) in [6, 6.07) is 9.53. The number of pyridine rings is 1. The number of aromatic nitrogens is 1. The molecule has 1 fully saturated rings. The van der Waals surface area contributed by atoms with Crippen molar-refractivity contribution in [3.63, 3.8) is 0 Å². The van der Waals surface area contributed by atoms with Crippen LogP contribution in [-0.4, -0.2) is 67.7 Å². The van der Waals surface area contributed by atoms with Crippen LogP contribution in [0.15, 0.2) is 60.9 Å². The molecule has 1 aromatic heterocycles. The lowest BCUT2D eigenvalue weighted by atomic mass is 9.84. The summed E-state index contributed by atoms with van der Waals surface area (Å²) in [5, 5.41) is 8.00. The van der Waals surface area contributed by atoms with Crippen LogP contribution in [-0.2, 0) is 20.7 Å². The Morgan fingerprint density at radius 1 is 1.11 bits per heavy atom. The number of aryl methyl sites for hydroxylation is 1. The van der Waals surface area contributed by atoms with Gasteiger partial charge in [-0.1, -0.05) is 23.7 Å². The lowest BCUT2D eigenvalue weighted by molar-refractivity contribution is -0.124. The molecule has 3 aromatic rings. The van der Waals surface area contributed by atoms with Crippen LogP contribution in [0.25, 0.3) is 0 Å². The van der Waals surface area contributed by atoms with E-state index in [4.69, 9.17) is 26.8 Å². The van der Waals surface area contributed by atoms with Gasteiger partial charge in [-0.2, -0.15) is 13.2 Å². The topological polar surface area (TPSA) is 128 Å². The van der Waals surface area contributed by atoms with Gasteiger partial charge in [0.05, 0.1) is 36.7 Å². The van der Waals surface area contributed by atoms with Crippen molar-refractivity contribution < 1.29 is 41.0 Å². The Morgan fingerprint density at radius 3 is 2.47 bits per heavy atom. The van der Waals surface area contributed by atoms with E-state index in [0.717, 1.165) is 23.8 Å². The van der Waals surface area contributed by atoms with Crippen molar-refractivity contribution in [2.45, 2.75) is 43.1 Å². The van der Waals surface area contributed by atoms with Crippen molar-refractivity contribution >= 4 is 29.3 Å². The number of anilines is 1. The third kappa shape index (κ3) is 10.3. The molecule has 4 atom stereocenters. The molecule has 242 valence electrons. The predicted octanol–water partition coefficient (Wildman–Crippen LogP) is 4.69. The molecule has 15 heteroatoms. The highest BCUT2D eigenvalue weighted by Crippen LogP contribution is 2.30. The van der Waals surface area contributed by atoms with Crippen LogP contribution in [0, 0.1) is 11.6 Å². The number of carbonyl (C=O) groups excluding carboxylic acids is 2. The van der Waals surface area contributed by atoms with Crippen molar-refractivity contribution in [1.29, 1.82) is 0 Å². The predicted molar refractivity (Wildman–Crippen MR) is 156 cm³/mol. The van der Waals surface area contributed by atoms with Gasteiger partial charge < -0.3 is 31.2 Å². The lowest BCUT2D eigenvalue weighted by Gasteiger charge is -2.30. The van der Waals surface area contributed by atoms with Crippen molar-refractivity contribution in [2.24, 2.45) is 5.73 Å². The van der Waals surface area contributed by atoms with E-state index in [9.17, 15) is 31.5 Å². The summed E-state index contributed by atoms with van der Waals surface area (Å²) in [4.78, 5) is 29.0. The maximum absolute atomic E-state index is 14.1. The van der Waals surface area contributed by atoms with E-state index < -0.39 is 54.4 Å². The number of alkyl halides is 3. The first-order chi connectivity index (χ1) is 21.4. The smallest absolute Gasteiger partial charge is 0.407 e. The first kappa shape index (κ1) is 34.0. The van der Waals surface area contributed by atoms with Crippen LogP contribution in [0.1, 0.15) is 29.0 Å². The number of hydrogen-bond donors (Lipinski definition) is 4. The van der Waals surface area contributed by atoms with Gasteiger partial charge in [-0.05, 0) is 59.9 Å². The van der Waals surface area contributed by atoms with Crippen LogP contribution >= 0.6 is 11.6 Å². The van der Waals surface area contributed by atoms with Crippen molar-refractivity contribution in [3.8, 4) is 0 Å². The monoisotopic (exact) mass is 655 g/mol. The van der Waals surface area contributed by atoms with Gasteiger partial charge in [0.2, 0.25) is 5.91 Å². The fourth-order valence-corrected chi connectivity index (χ4v) is 4.96. The first-order valence-corrected chi connectivity index (χ1v) is 14.3. The van der Waals surface area contributed by atoms with E-state index >= 15 is 0 Å². The van der Waals surface area contributed by atoms with Crippen LogP contribution in [0.3, 0.4) is 0 Å². The molecule has 0 radical (unpaired) electrons. The summed E-state index contributed by atoms with van der Waals surface area (Å²) >= 11 is 6.02. The minimum Gasteiger partial charge on any atom is -0.448 e. The molecule has 1 saturated heterocycles. The van der Waals surface area contributed by atoms with Gasteiger partial charge in [0, 0.05) is 29.7 Å². The number of nitrogens with zero attached hydrogens (tertiary/aromatic N) is 1. The van der Waals surface area contributed by atoms with Gasteiger partial charge in [-0.25, -0.2) is 13.6 Å². The Bertz CT molecular complexity index is 1440. The van der Waals surface area contributed by atoms with Gasteiger partial charge in [-0.15, -0.1) is 0 Å². The fourth-order valence-electron chi connectivity index (χ4n) is 4.83. The average Bonchev–Trinajstić information content (AvgIpc) is 2.99. The number of halogens is 6. The highest BCUT2D eigenvalue weighted by Gasteiger charge is 2.30. The summed E-state index contributed by atoms with van der Waals surface area (Å²) in [6.07, 6.45) is -1.92. The molecule has 0 bridgehead atoms. The molecule has 45 heavy (non-hydrogen) atoms. The molecule has 1 aliphatic heterocycles. The van der Waals surface area contributed by atoms with E-state index in [2.05, 4.69) is 15.6 Å². The first-order valence-electron chi connectivity index (χ1n) is 13.9. The summed E-state index contributed by atoms with van der Waals surface area (Å²) in [7, 11) is 0. The van der Waals surface area contributed by atoms with E-state index in [1.807, 2.05) is 0 Å². The maximum atomic E-state index is 14.1. The fraction of sp³-hybridized carbons (Fsp3) is 0.367. The quantitative estimate of drug-likeness (QED) is 0.221. The largest absolute Gasteiger partial charge is 0.448 e. The standard InChI is InChI=1S/C30H31ClF5N5O4/c31-20-4-1-18(2-5-20)26(19-9-21(32)11-22(33)10-19)27(37)28(42)41-25-13-38-8-7-17(25)3-6-24-12-39-23(14-44-24)15-45-29(43)40-16-30(34,35)36/h1-2,4-5,7-11,13,23-24,26-27,39H,3,6,12,14-16,37H2,(H,40,43)(H,41,42)/t23-,24+,26-,27-/m0/s1. The molecule has 2 aromatic carbocycles. The number of nitrogens with two attached hydrogens (primary N) is 1. The minimum absolute atomic E-state index is 0.165. The molecule has 0 unspecified atom stereocenters. The molecule has 0 aliphatic carbocycles. The number of morpholine rings is 1. The molecular weight excluding hydrogens is 625 g/mol. The molecule has 0 saturated carbocycles. The van der Waals surface area contributed by atoms with Gasteiger partial charge in [0.15, 0.2) is 0 Å². The molecular formula is C30H31ClF5N5O4. The number of rotatable bonds is 11. The lowest BCUT2D eigenvalue weighted by Crippen LogP contribution is -2.49. The number of amides is 2. The highest BCUT2D eigenvalue weighted by molar-refractivity contribution is 6.30. The number of benzene rings is 2. The Labute approximate surface area is 260 Å². The zero-order valence-electron chi connectivity index (χ0n) is 23.8. The molecule has 1 aliphatic rings. The van der Waals surface area contributed by atoms with Crippen molar-refractivity contribution in [1.82, 2.24) is 15.6 Å². The van der Waals surface area contributed by atoms with Crippen molar-refractivity contribution in [2.75, 3.05) is 31.6 Å². The number of carbonyl (C=O) groups is 2. The summed E-state index contributed by atoms with van der Waals surface area (Å²) < 4.78 is 75.6. The second-order valence-corrected chi connectivity index (χ2v) is 10.9. The van der Waals surface area contributed by atoms with Crippen LogP contribution in [0.5, 0.6) is 0 Å². The Hall–Kier alpha value is -3.85. The molecule has 5 N–H and O–H groups in total. The van der Waals surface area contributed by atoms with E-state index in [-0.39, 0.29) is 24.9 Å². The SMILES string of the molecule is N[C@H](C(=O)Nc1cnccc1CC[C@@H]1CN[C@H](COC(=O)NCC(F)(F)F)CO1)[C@@H](c1ccc(Cl)cc1)c1cc(F)cc(F)c1. The third-order valence-electron chi connectivity index (χ3n) is 7.06. The van der Waals surface area contributed by atoms with E-state index in [0.29, 0.717) is 35.7 Å². The number of nitrogens with one attached hydrogen (secondary N) is 3. The maximum Gasteiger partial charge on any atom is 0.407 e. The van der Waals surface area contributed by atoms with Crippen molar-refractivity contribution in [3.05, 3.63) is 94.3 Å². The second kappa shape index (κ2) is 15.4. The normalized spacial score (nSPS) is 18.1. The zero-order chi connectivity index (χ0) is 32.6. The molecule has 2 heterocycles. The van der Waals surface area contributed by atoms with Crippen LogP contribution < -0.4 is 21.7 Å². The second-order valence-electron chi connectivity index (χ2n) is 10.4. The van der Waals surface area contributed by atoms with E-state index in [1.54, 1.807) is 41.8 Å². The van der Waals surface area contributed by atoms with Gasteiger partial charge in [0.1, 0.15) is 24.8 Å². The molecule has 2 amide bonds. The molecule has 4 rings (SSSR count). The van der Waals surface area contributed by atoms with Crippen LogP contribution in [0.2, 0.25) is 5.02 Å². The number of hydrogen-bond acceptors (Lipinski definition) is 7. The summed E-state index contributed by atoms with van der Waals surface area (Å²) in [5.41, 5.74) is 8.27. The molecule has 0 spiro atoms. The Balaban J connectivity index is 1.34. The van der Waals surface area contributed by atoms with Gasteiger partial charge >= 0.3 is 12.3 Å². The average molecular weight is 656 g/mol. The van der Waals surface area contributed by atoms with E-state index in [1.165, 1.54) is 6.20 Å².